The summed E-state index contributed by atoms with van der Waals surface area (Å²) in [4.78, 5) is 15.3. The standard InChI is InChI=1S/C22H13F3N2O2S/c23-22(24,25)17-5-3-4-16(12-17)19-13-30-21(26-19)15-10-8-14(9-11-15)18-6-1-2-7-20(18)27(28)29/h1-13H. The van der Waals surface area contributed by atoms with Crippen molar-refractivity contribution in [2.24, 2.45) is 0 Å². The van der Waals surface area contributed by atoms with Crippen LogP contribution in [0.5, 0.6) is 0 Å². The number of nitro benzene ring substituents is 1. The summed E-state index contributed by atoms with van der Waals surface area (Å²) in [6.45, 7) is 0. The highest BCUT2D eigenvalue weighted by atomic mass is 32.1. The van der Waals surface area contributed by atoms with Crippen molar-refractivity contribution >= 4 is 17.0 Å². The Morgan fingerprint density at radius 2 is 1.57 bits per heavy atom. The van der Waals surface area contributed by atoms with Gasteiger partial charge in [0.15, 0.2) is 0 Å². The highest BCUT2D eigenvalue weighted by Gasteiger charge is 2.30. The van der Waals surface area contributed by atoms with E-state index in [0.29, 0.717) is 27.4 Å². The lowest BCUT2D eigenvalue weighted by Gasteiger charge is -2.07. The van der Waals surface area contributed by atoms with Crippen molar-refractivity contribution in [3.63, 3.8) is 0 Å². The number of hydrogen-bond donors (Lipinski definition) is 0. The maximum Gasteiger partial charge on any atom is 0.416 e. The molecular formula is C22H13F3N2O2S. The van der Waals surface area contributed by atoms with Crippen molar-refractivity contribution in [1.82, 2.24) is 4.98 Å². The summed E-state index contributed by atoms with van der Waals surface area (Å²) >= 11 is 1.32. The fraction of sp³-hybridized carbons (Fsp3) is 0.0455. The molecule has 0 saturated heterocycles. The van der Waals surface area contributed by atoms with Gasteiger partial charge < -0.3 is 0 Å². The summed E-state index contributed by atoms with van der Waals surface area (Å²) in [5.41, 5.74) is 2.14. The predicted molar refractivity (Wildman–Crippen MR) is 110 cm³/mol. The van der Waals surface area contributed by atoms with Crippen LogP contribution in [0.4, 0.5) is 18.9 Å². The van der Waals surface area contributed by atoms with E-state index < -0.39 is 16.7 Å². The lowest BCUT2D eigenvalue weighted by molar-refractivity contribution is -0.384. The SMILES string of the molecule is O=[N+]([O-])c1ccccc1-c1ccc(-c2nc(-c3cccc(C(F)(F)F)c3)cs2)cc1. The number of hydrogen-bond acceptors (Lipinski definition) is 4. The predicted octanol–water partition coefficient (Wildman–Crippen LogP) is 7.07. The third-order valence-corrected chi connectivity index (χ3v) is 5.42. The van der Waals surface area contributed by atoms with Crippen LogP contribution >= 0.6 is 11.3 Å². The number of aromatic nitrogens is 1. The van der Waals surface area contributed by atoms with Gasteiger partial charge in [0.25, 0.3) is 5.69 Å². The topological polar surface area (TPSA) is 56.0 Å². The number of para-hydroxylation sites is 1. The Labute approximate surface area is 173 Å². The molecule has 0 radical (unpaired) electrons. The molecule has 0 aliphatic heterocycles. The first kappa shape index (κ1) is 19.8. The Balaban J connectivity index is 1.63. The largest absolute Gasteiger partial charge is 0.416 e. The normalized spacial score (nSPS) is 11.4. The Morgan fingerprint density at radius 1 is 0.867 bits per heavy atom. The molecule has 0 unspecified atom stereocenters. The molecule has 4 rings (SSSR count). The van der Waals surface area contributed by atoms with Crippen LogP contribution in [-0.4, -0.2) is 9.91 Å². The van der Waals surface area contributed by atoms with Gasteiger partial charge in [0.2, 0.25) is 0 Å². The van der Waals surface area contributed by atoms with E-state index in [1.807, 2.05) is 0 Å². The fourth-order valence-corrected chi connectivity index (χ4v) is 3.90. The monoisotopic (exact) mass is 426 g/mol. The summed E-state index contributed by atoms with van der Waals surface area (Å²) in [6, 6.07) is 18.7. The Bertz CT molecular complexity index is 1220. The summed E-state index contributed by atoms with van der Waals surface area (Å²) in [5.74, 6) is 0. The molecule has 0 N–H and O–H groups in total. The molecule has 8 heteroatoms. The van der Waals surface area contributed by atoms with Crippen molar-refractivity contribution in [3.8, 4) is 33.0 Å². The van der Waals surface area contributed by atoms with E-state index in [4.69, 9.17) is 0 Å². The number of thiazole rings is 1. The van der Waals surface area contributed by atoms with Gasteiger partial charge in [-0.1, -0.05) is 48.5 Å². The van der Waals surface area contributed by atoms with Crippen LogP contribution in [0.1, 0.15) is 5.56 Å². The van der Waals surface area contributed by atoms with Crippen LogP contribution < -0.4 is 0 Å². The minimum Gasteiger partial charge on any atom is -0.258 e. The minimum atomic E-state index is -4.41. The molecule has 4 aromatic rings. The van der Waals surface area contributed by atoms with Gasteiger partial charge in [0, 0.05) is 22.6 Å². The summed E-state index contributed by atoms with van der Waals surface area (Å²) in [7, 11) is 0. The second-order valence-electron chi connectivity index (χ2n) is 6.47. The van der Waals surface area contributed by atoms with Crippen LogP contribution in [0.15, 0.2) is 78.2 Å². The molecule has 1 aromatic heterocycles. The van der Waals surface area contributed by atoms with Gasteiger partial charge in [0.05, 0.1) is 21.7 Å². The Hall–Kier alpha value is -3.52. The molecule has 4 nitrogen and oxygen atoms in total. The van der Waals surface area contributed by atoms with E-state index >= 15 is 0 Å². The zero-order chi connectivity index (χ0) is 21.3. The number of alkyl halides is 3. The number of benzene rings is 3. The molecular weight excluding hydrogens is 413 g/mol. The number of nitro groups is 1. The number of halogens is 3. The molecule has 30 heavy (non-hydrogen) atoms. The van der Waals surface area contributed by atoms with Crippen molar-refractivity contribution in [3.05, 3.63) is 93.9 Å². The Morgan fingerprint density at radius 3 is 2.27 bits per heavy atom. The smallest absolute Gasteiger partial charge is 0.258 e. The van der Waals surface area contributed by atoms with E-state index in [9.17, 15) is 23.3 Å². The van der Waals surface area contributed by atoms with E-state index in [1.165, 1.54) is 23.5 Å². The quantitative estimate of drug-likeness (QED) is 0.259. The third kappa shape index (κ3) is 3.95. The van der Waals surface area contributed by atoms with E-state index in [0.717, 1.165) is 17.7 Å². The van der Waals surface area contributed by atoms with Crippen molar-refractivity contribution in [1.29, 1.82) is 0 Å². The van der Waals surface area contributed by atoms with Crippen LogP contribution in [-0.2, 0) is 6.18 Å². The van der Waals surface area contributed by atoms with Gasteiger partial charge >= 0.3 is 6.18 Å². The zero-order valence-electron chi connectivity index (χ0n) is 15.3. The lowest BCUT2D eigenvalue weighted by atomic mass is 10.0. The van der Waals surface area contributed by atoms with Crippen molar-refractivity contribution in [2.75, 3.05) is 0 Å². The van der Waals surface area contributed by atoms with E-state index in [1.54, 1.807) is 53.9 Å². The van der Waals surface area contributed by atoms with Crippen molar-refractivity contribution in [2.45, 2.75) is 6.18 Å². The molecule has 0 aliphatic carbocycles. The summed E-state index contributed by atoms with van der Waals surface area (Å²) < 4.78 is 38.8. The average molecular weight is 426 g/mol. The fourth-order valence-electron chi connectivity index (χ4n) is 3.06. The van der Waals surface area contributed by atoms with E-state index in [2.05, 4.69) is 4.98 Å². The first-order valence-corrected chi connectivity index (χ1v) is 9.68. The zero-order valence-corrected chi connectivity index (χ0v) is 16.1. The van der Waals surface area contributed by atoms with Crippen LogP contribution in [0.2, 0.25) is 0 Å². The highest BCUT2D eigenvalue weighted by molar-refractivity contribution is 7.13. The molecule has 3 aromatic carbocycles. The minimum absolute atomic E-state index is 0.0198. The van der Waals surface area contributed by atoms with Crippen LogP contribution in [0.25, 0.3) is 33.0 Å². The van der Waals surface area contributed by atoms with Crippen molar-refractivity contribution < 1.29 is 18.1 Å². The molecule has 0 saturated carbocycles. The van der Waals surface area contributed by atoms with Crippen LogP contribution in [0.3, 0.4) is 0 Å². The average Bonchev–Trinajstić information content (AvgIpc) is 3.24. The maximum absolute atomic E-state index is 12.9. The maximum atomic E-state index is 12.9. The van der Waals surface area contributed by atoms with Gasteiger partial charge in [-0.05, 0) is 23.8 Å². The molecule has 0 atom stereocenters. The van der Waals surface area contributed by atoms with Crippen LogP contribution in [0, 0.1) is 10.1 Å². The van der Waals surface area contributed by atoms with E-state index in [-0.39, 0.29) is 5.69 Å². The number of nitrogens with zero attached hydrogens (tertiary/aromatic N) is 2. The molecule has 0 bridgehead atoms. The van der Waals surface area contributed by atoms with Gasteiger partial charge in [-0.15, -0.1) is 11.3 Å². The third-order valence-electron chi connectivity index (χ3n) is 4.53. The van der Waals surface area contributed by atoms with Gasteiger partial charge in [-0.3, -0.25) is 10.1 Å². The first-order chi connectivity index (χ1) is 14.3. The molecule has 0 amide bonds. The molecule has 0 fully saturated rings. The van der Waals surface area contributed by atoms with Gasteiger partial charge in [-0.2, -0.15) is 13.2 Å². The van der Waals surface area contributed by atoms with Gasteiger partial charge in [-0.25, -0.2) is 4.98 Å². The Kier molecular flexibility index (Phi) is 5.09. The highest BCUT2D eigenvalue weighted by Crippen LogP contribution is 2.35. The molecule has 0 aliphatic rings. The first-order valence-electron chi connectivity index (χ1n) is 8.80. The van der Waals surface area contributed by atoms with Gasteiger partial charge in [0.1, 0.15) is 5.01 Å². The molecule has 0 spiro atoms. The second-order valence-corrected chi connectivity index (χ2v) is 7.33. The lowest BCUT2D eigenvalue weighted by Crippen LogP contribution is -2.04. The summed E-state index contributed by atoms with van der Waals surface area (Å²) in [6.07, 6.45) is -4.41. The summed E-state index contributed by atoms with van der Waals surface area (Å²) in [5, 5.41) is 13.6. The molecule has 1 heterocycles. The number of rotatable bonds is 4. The second kappa shape index (κ2) is 7.72. The molecule has 150 valence electrons.